The number of nitro groups is 1. The Hall–Kier alpha value is -2.89. The van der Waals surface area contributed by atoms with Gasteiger partial charge in [0.15, 0.2) is 0 Å². The molecule has 8 heteroatoms. The van der Waals surface area contributed by atoms with E-state index in [0.717, 1.165) is 6.07 Å². The van der Waals surface area contributed by atoms with Crippen molar-refractivity contribution in [3.63, 3.8) is 0 Å². The molecule has 2 aromatic rings. The molecule has 2 rings (SSSR count). The summed E-state index contributed by atoms with van der Waals surface area (Å²) in [5, 5.41) is 10.7. The van der Waals surface area contributed by atoms with Gasteiger partial charge in [-0.25, -0.2) is 8.42 Å². The summed E-state index contributed by atoms with van der Waals surface area (Å²) >= 11 is 0. The summed E-state index contributed by atoms with van der Waals surface area (Å²) in [6.45, 7) is -0.136. The van der Waals surface area contributed by atoms with Crippen LogP contribution in [0.25, 0.3) is 0 Å². The van der Waals surface area contributed by atoms with Crippen molar-refractivity contribution in [1.82, 2.24) is 4.72 Å². The molecule has 0 unspecified atom stereocenters. The first-order valence-electron chi connectivity index (χ1n) is 6.80. The first-order valence-corrected chi connectivity index (χ1v) is 8.28. The molecule has 0 radical (unpaired) electrons. The topological polar surface area (TPSA) is 98.5 Å². The van der Waals surface area contributed by atoms with E-state index < -0.39 is 14.9 Å². The van der Waals surface area contributed by atoms with E-state index in [-0.39, 0.29) is 17.1 Å². The van der Waals surface area contributed by atoms with Gasteiger partial charge in [0.2, 0.25) is 10.0 Å². The second-order valence-electron chi connectivity index (χ2n) is 4.58. The summed E-state index contributed by atoms with van der Waals surface area (Å²) in [7, 11) is -2.36. The van der Waals surface area contributed by atoms with Crippen LogP contribution in [0.3, 0.4) is 0 Å². The molecule has 0 fully saturated rings. The standard InChI is InChI=1S/C16H14N2O5S/c1-23-16-10-3-2-6-13(16)7-5-11-17-24(21,22)15-9-4-8-14(12-15)18(19)20/h2-4,6,8-10,12,17H,11H2,1H3. The van der Waals surface area contributed by atoms with E-state index >= 15 is 0 Å². The largest absolute Gasteiger partial charge is 0.495 e. The van der Waals surface area contributed by atoms with Gasteiger partial charge in [0, 0.05) is 12.1 Å². The van der Waals surface area contributed by atoms with E-state index in [9.17, 15) is 18.5 Å². The Kier molecular flexibility index (Phi) is 5.52. The lowest BCUT2D eigenvalue weighted by atomic mass is 10.2. The zero-order valence-electron chi connectivity index (χ0n) is 12.7. The van der Waals surface area contributed by atoms with Crippen molar-refractivity contribution in [1.29, 1.82) is 0 Å². The fourth-order valence-corrected chi connectivity index (χ4v) is 2.83. The van der Waals surface area contributed by atoms with Crippen LogP contribution in [-0.2, 0) is 10.0 Å². The van der Waals surface area contributed by atoms with Crippen LogP contribution in [0.1, 0.15) is 5.56 Å². The molecule has 2 aromatic carbocycles. The van der Waals surface area contributed by atoms with Gasteiger partial charge in [-0.05, 0) is 18.2 Å². The number of non-ortho nitro benzene ring substituents is 1. The molecule has 0 bridgehead atoms. The quantitative estimate of drug-likeness (QED) is 0.507. The molecule has 0 saturated carbocycles. The van der Waals surface area contributed by atoms with Crippen LogP contribution in [0.15, 0.2) is 53.4 Å². The van der Waals surface area contributed by atoms with E-state index in [2.05, 4.69) is 16.6 Å². The van der Waals surface area contributed by atoms with Gasteiger partial charge >= 0.3 is 0 Å². The molecule has 0 amide bonds. The van der Waals surface area contributed by atoms with Gasteiger partial charge in [0.05, 0.1) is 29.0 Å². The minimum atomic E-state index is -3.87. The third kappa shape index (κ3) is 4.32. The molecule has 7 nitrogen and oxygen atoms in total. The number of methoxy groups -OCH3 is 1. The Morgan fingerprint density at radius 2 is 1.96 bits per heavy atom. The second kappa shape index (κ2) is 7.59. The third-order valence-electron chi connectivity index (χ3n) is 3.02. The van der Waals surface area contributed by atoms with Crippen molar-refractivity contribution in [2.24, 2.45) is 0 Å². The van der Waals surface area contributed by atoms with Gasteiger partial charge in [0.25, 0.3) is 5.69 Å². The predicted octanol–water partition coefficient (Wildman–Crippen LogP) is 1.93. The van der Waals surface area contributed by atoms with Gasteiger partial charge < -0.3 is 4.74 Å². The Bertz CT molecular complexity index is 913. The van der Waals surface area contributed by atoms with E-state index in [1.165, 1.54) is 25.3 Å². The SMILES string of the molecule is COc1ccccc1C#CCNS(=O)(=O)c1cccc([N+](=O)[O-])c1. The molecule has 24 heavy (non-hydrogen) atoms. The van der Waals surface area contributed by atoms with E-state index in [1.54, 1.807) is 24.3 Å². The molecular weight excluding hydrogens is 332 g/mol. The molecule has 0 saturated heterocycles. The maximum absolute atomic E-state index is 12.1. The highest BCUT2D eigenvalue weighted by Crippen LogP contribution is 2.17. The molecular formula is C16H14N2O5S. The van der Waals surface area contributed by atoms with Crippen molar-refractivity contribution < 1.29 is 18.1 Å². The summed E-state index contributed by atoms with van der Waals surface area (Å²) in [6.07, 6.45) is 0. The average Bonchev–Trinajstić information content (AvgIpc) is 2.59. The van der Waals surface area contributed by atoms with Crippen molar-refractivity contribution >= 4 is 15.7 Å². The van der Waals surface area contributed by atoms with Crippen molar-refractivity contribution in [3.05, 3.63) is 64.2 Å². The lowest BCUT2D eigenvalue weighted by Crippen LogP contribution is -2.24. The van der Waals surface area contributed by atoms with Crippen LogP contribution in [0, 0.1) is 22.0 Å². The fourth-order valence-electron chi connectivity index (χ4n) is 1.87. The number of nitro benzene ring substituents is 1. The van der Waals surface area contributed by atoms with Crippen molar-refractivity contribution in [2.45, 2.75) is 4.90 Å². The smallest absolute Gasteiger partial charge is 0.270 e. The number of rotatable bonds is 5. The molecule has 0 aliphatic heterocycles. The molecule has 0 heterocycles. The van der Waals surface area contributed by atoms with Gasteiger partial charge in [0.1, 0.15) is 5.75 Å². The number of benzene rings is 2. The Morgan fingerprint density at radius 3 is 2.67 bits per heavy atom. The first kappa shape index (κ1) is 17.5. The Morgan fingerprint density at radius 1 is 1.21 bits per heavy atom. The summed E-state index contributed by atoms with van der Waals surface area (Å²) in [5.41, 5.74) is 0.340. The third-order valence-corrected chi connectivity index (χ3v) is 4.42. The summed E-state index contributed by atoms with van der Waals surface area (Å²) in [5.74, 6) is 6.08. The number of hydrogen-bond donors (Lipinski definition) is 1. The second-order valence-corrected chi connectivity index (χ2v) is 6.35. The zero-order valence-corrected chi connectivity index (χ0v) is 13.5. The summed E-state index contributed by atoms with van der Waals surface area (Å²) in [6, 6.07) is 11.9. The molecule has 124 valence electrons. The molecule has 1 N–H and O–H groups in total. The lowest BCUT2D eigenvalue weighted by Gasteiger charge is -2.03. The van der Waals surface area contributed by atoms with Crippen LogP contribution in [-0.4, -0.2) is 27.0 Å². The highest BCUT2D eigenvalue weighted by molar-refractivity contribution is 7.89. The molecule has 0 aromatic heterocycles. The van der Waals surface area contributed by atoms with Gasteiger partial charge in [-0.1, -0.05) is 30.0 Å². The Labute approximate surface area is 139 Å². The summed E-state index contributed by atoms with van der Waals surface area (Å²) in [4.78, 5) is 9.88. The van der Waals surface area contributed by atoms with Crippen LogP contribution in [0.5, 0.6) is 5.75 Å². The molecule has 0 spiro atoms. The van der Waals surface area contributed by atoms with Crippen molar-refractivity contribution in [3.8, 4) is 17.6 Å². The molecule has 0 atom stereocenters. The van der Waals surface area contributed by atoms with Crippen LogP contribution < -0.4 is 9.46 Å². The highest BCUT2D eigenvalue weighted by atomic mass is 32.2. The minimum Gasteiger partial charge on any atom is -0.495 e. The monoisotopic (exact) mass is 346 g/mol. The average molecular weight is 346 g/mol. The van der Waals surface area contributed by atoms with E-state index in [1.807, 2.05) is 0 Å². The van der Waals surface area contributed by atoms with Gasteiger partial charge in [-0.2, -0.15) is 4.72 Å². The number of ether oxygens (including phenoxy) is 1. The molecule has 0 aliphatic rings. The van der Waals surface area contributed by atoms with Gasteiger partial charge in [-0.3, -0.25) is 10.1 Å². The lowest BCUT2D eigenvalue weighted by molar-refractivity contribution is -0.385. The van der Waals surface area contributed by atoms with Crippen LogP contribution >= 0.6 is 0 Å². The van der Waals surface area contributed by atoms with Crippen molar-refractivity contribution in [2.75, 3.05) is 13.7 Å². The van der Waals surface area contributed by atoms with E-state index in [4.69, 9.17) is 4.74 Å². The minimum absolute atomic E-state index is 0.136. The fraction of sp³-hybridized carbons (Fsp3) is 0.125. The number of nitrogens with one attached hydrogen (secondary N) is 1. The number of para-hydroxylation sites is 1. The number of sulfonamides is 1. The van der Waals surface area contributed by atoms with Crippen LogP contribution in [0.4, 0.5) is 5.69 Å². The van der Waals surface area contributed by atoms with Crippen LogP contribution in [0.2, 0.25) is 0 Å². The van der Waals surface area contributed by atoms with Gasteiger partial charge in [-0.15, -0.1) is 0 Å². The van der Waals surface area contributed by atoms with E-state index in [0.29, 0.717) is 11.3 Å². The Balaban J connectivity index is 2.10. The maximum Gasteiger partial charge on any atom is 0.270 e. The summed E-state index contributed by atoms with van der Waals surface area (Å²) < 4.78 is 31.7. The predicted molar refractivity (Wildman–Crippen MR) is 88.2 cm³/mol. The highest BCUT2D eigenvalue weighted by Gasteiger charge is 2.16. The zero-order chi connectivity index (χ0) is 17.6. The molecule has 0 aliphatic carbocycles. The number of hydrogen-bond acceptors (Lipinski definition) is 5. The number of nitrogens with zero attached hydrogens (tertiary/aromatic N) is 1. The maximum atomic E-state index is 12.1. The normalized spacial score (nSPS) is 10.5. The first-order chi connectivity index (χ1) is 11.4.